The van der Waals surface area contributed by atoms with Crippen molar-refractivity contribution in [3.05, 3.63) is 22.4 Å². The summed E-state index contributed by atoms with van der Waals surface area (Å²) in [5.41, 5.74) is 1.47. The Morgan fingerprint density at radius 2 is 2.22 bits per heavy atom. The highest BCUT2D eigenvalue weighted by Gasteiger charge is 2.21. The topological polar surface area (TPSA) is 15.3 Å². The van der Waals surface area contributed by atoms with E-state index in [1.807, 2.05) is 0 Å². The first kappa shape index (κ1) is 14.0. The van der Waals surface area contributed by atoms with Crippen LogP contribution in [0.3, 0.4) is 0 Å². The molecule has 1 N–H and O–H groups in total. The number of likely N-dealkylation sites (tertiary alicyclic amines) is 1. The maximum Gasteiger partial charge on any atom is 0.0107 e. The smallest absolute Gasteiger partial charge is 0.0107 e. The third-order valence-electron chi connectivity index (χ3n) is 4.19. The van der Waals surface area contributed by atoms with E-state index in [1.54, 1.807) is 11.3 Å². The zero-order valence-electron chi connectivity index (χ0n) is 11.7. The van der Waals surface area contributed by atoms with Crippen LogP contribution in [0.5, 0.6) is 0 Å². The van der Waals surface area contributed by atoms with Crippen LogP contribution < -0.4 is 5.32 Å². The van der Waals surface area contributed by atoms with E-state index in [1.165, 1.54) is 31.6 Å². The van der Waals surface area contributed by atoms with Crippen molar-refractivity contribution in [2.24, 2.45) is 11.8 Å². The van der Waals surface area contributed by atoms with Crippen LogP contribution in [0, 0.1) is 11.8 Å². The molecule has 2 heterocycles. The molecule has 102 valence electrons. The Balaban J connectivity index is 1.53. The second-order valence-corrected chi connectivity index (χ2v) is 6.46. The van der Waals surface area contributed by atoms with Crippen molar-refractivity contribution < 1.29 is 0 Å². The molecule has 1 aliphatic rings. The molecule has 0 bridgehead atoms. The predicted molar refractivity (Wildman–Crippen MR) is 80.3 cm³/mol. The predicted octanol–water partition coefficient (Wildman–Crippen LogP) is 2.86. The van der Waals surface area contributed by atoms with Gasteiger partial charge in [0.25, 0.3) is 0 Å². The van der Waals surface area contributed by atoms with Crippen molar-refractivity contribution >= 4 is 11.3 Å². The summed E-state index contributed by atoms with van der Waals surface area (Å²) in [6.07, 6.45) is 2.53. The highest BCUT2D eigenvalue weighted by atomic mass is 32.1. The fourth-order valence-electron chi connectivity index (χ4n) is 2.58. The van der Waals surface area contributed by atoms with Crippen molar-refractivity contribution in [3.8, 4) is 0 Å². The summed E-state index contributed by atoms with van der Waals surface area (Å²) in [5.74, 6) is 1.78. The average molecular weight is 266 g/mol. The summed E-state index contributed by atoms with van der Waals surface area (Å²) < 4.78 is 0. The Bertz CT molecular complexity index is 323. The molecular formula is C15H26N2S. The van der Waals surface area contributed by atoms with Crippen molar-refractivity contribution in [3.63, 3.8) is 0 Å². The average Bonchev–Trinajstić information content (AvgIpc) is 2.86. The van der Waals surface area contributed by atoms with Gasteiger partial charge in [0.2, 0.25) is 0 Å². The molecule has 1 saturated heterocycles. The van der Waals surface area contributed by atoms with E-state index in [-0.39, 0.29) is 0 Å². The van der Waals surface area contributed by atoms with E-state index in [0.29, 0.717) is 0 Å². The third-order valence-corrected chi connectivity index (χ3v) is 4.93. The Morgan fingerprint density at radius 1 is 1.33 bits per heavy atom. The third kappa shape index (κ3) is 4.38. The van der Waals surface area contributed by atoms with Gasteiger partial charge in [0.15, 0.2) is 0 Å². The fraction of sp³-hybridized carbons (Fsp3) is 0.733. The molecule has 2 nitrogen and oxygen atoms in total. The first-order valence-corrected chi connectivity index (χ1v) is 8.14. The largest absolute Gasteiger partial charge is 0.315 e. The molecule has 1 aromatic heterocycles. The van der Waals surface area contributed by atoms with E-state index in [0.717, 1.165) is 31.3 Å². The van der Waals surface area contributed by atoms with Crippen LogP contribution in [0.4, 0.5) is 0 Å². The van der Waals surface area contributed by atoms with Gasteiger partial charge in [-0.25, -0.2) is 0 Å². The molecule has 1 fully saturated rings. The summed E-state index contributed by atoms with van der Waals surface area (Å²) >= 11 is 1.79. The Hall–Kier alpha value is -0.380. The Morgan fingerprint density at radius 3 is 2.94 bits per heavy atom. The second-order valence-electron chi connectivity index (χ2n) is 5.68. The lowest BCUT2D eigenvalue weighted by molar-refractivity contribution is 0.139. The Labute approximate surface area is 115 Å². The van der Waals surface area contributed by atoms with E-state index in [4.69, 9.17) is 0 Å². The monoisotopic (exact) mass is 266 g/mol. The summed E-state index contributed by atoms with van der Waals surface area (Å²) in [6, 6.07) is 2.22. The van der Waals surface area contributed by atoms with Gasteiger partial charge in [-0.15, -0.1) is 0 Å². The van der Waals surface area contributed by atoms with Crippen molar-refractivity contribution in [1.82, 2.24) is 10.2 Å². The molecule has 0 aromatic carbocycles. The van der Waals surface area contributed by atoms with Crippen molar-refractivity contribution in [2.45, 2.75) is 26.7 Å². The molecule has 0 amide bonds. The minimum Gasteiger partial charge on any atom is -0.315 e. The van der Waals surface area contributed by atoms with Crippen LogP contribution >= 0.6 is 11.3 Å². The van der Waals surface area contributed by atoms with Gasteiger partial charge < -0.3 is 10.2 Å². The molecule has 1 aromatic rings. The molecule has 0 spiro atoms. The first-order valence-electron chi connectivity index (χ1n) is 7.20. The molecule has 2 atom stereocenters. The molecule has 18 heavy (non-hydrogen) atoms. The summed E-state index contributed by atoms with van der Waals surface area (Å²) in [5, 5.41) is 7.96. The molecular weight excluding hydrogens is 240 g/mol. The molecule has 0 saturated carbocycles. The SMILES string of the molecule is CC1CCN(CCNCCc2ccsc2)CC1C. The summed E-state index contributed by atoms with van der Waals surface area (Å²) in [4.78, 5) is 2.61. The standard InChI is InChI=1S/C15H26N2S/c1-13-4-8-17(11-14(13)2)9-7-16-6-3-15-5-10-18-12-15/h5,10,12-14,16H,3-4,6-9,11H2,1-2H3. The van der Waals surface area contributed by atoms with Gasteiger partial charge in [-0.3, -0.25) is 0 Å². The lowest BCUT2D eigenvalue weighted by Crippen LogP contribution is -2.41. The number of nitrogens with zero attached hydrogens (tertiary/aromatic N) is 1. The summed E-state index contributed by atoms with van der Waals surface area (Å²) in [7, 11) is 0. The van der Waals surface area contributed by atoms with Crippen LogP contribution in [0.15, 0.2) is 16.8 Å². The van der Waals surface area contributed by atoms with Gasteiger partial charge in [-0.05, 0) is 60.2 Å². The van der Waals surface area contributed by atoms with Crippen LogP contribution in [-0.2, 0) is 6.42 Å². The van der Waals surface area contributed by atoms with E-state index < -0.39 is 0 Å². The second kappa shape index (κ2) is 7.27. The number of piperidine rings is 1. The zero-order chi connectivity index (χ0) is 12.8. The minimum absolute atomic E-state index is 0.865. The number of hydrogen-bond donors (Lipinski definition) is 1. The minimum atomic E-state index is 0.865. The van der Waals surface area contributed by atoms with Crippen molar-refractivity contribution in [1.29, 1.82) is 0 Å². The number of rotatable bonds is 6. The quantitative estimate of drug-likeness (QED) is 0.797. The highest BCUT2D eigenvalue weighted by Crippen LogP contribution is 2.21. The highest BCUT2D eigenvalue weighted by molar-refractivity contribution is 7.07. The van der Waals surface area contributed by atoms with Gasteiger partial charge in [-0.1, -0.05) is 13.8 Å². The maximum absolute atomic E-state index is 3.56. The number of hydrogen-bond acceptors (Lipinski definition) is 3. The molecule has 2 unspecified atom stereocenters. The van der Waals surface area contributed by atoms with Gasteiger partial charge >= 0.3 is 0 Å². The molecule has 3 heteroatoms. The fourth-order valence-corrected chi connectivity index (χ4v) is 3.29. The van der Waals surface area contributed by atoms with Gasteiger partial charge in [-0.2, -0.15) is 11.3 Å². The van der Waals surface area contributed by atoms with Crippen LogP contribution in [0.2, 0.25) is 0 Å². The van der Waals surface area contributed by atoms with E-state index in [2.05, 4.69) is 40.9 Å². The van der Waals surface area contributed by atoms with Crippen molar-refractivity contribution in [2.75, 3.05) is 32.7 Å². The molecule has 1 aliphatic heterocycles. The van der Waals surface area contributed by atoms with Gasteiger partial charge in [0.1, 0.15) is 0 Å². The van der Waals surface area contributed by atoms with E-state index >= 15 is 0 Å². The lowest BCUT2D eigenvalue weighted by atomic mass is 9.89. The number of thiophene rings is 1. The normalized spacial score (nSPS) is 25.4. The lowest BCUT2D eigenvalue weighted by Gasteiger charge is -2.35. The van der Waals surface area contributed by atoms with Gasteiger partial charge in [0.05, 0.1) is 0 Å². The van der Waals surface area contributed by atoms with Gasteiger partial charge in [0, 0.05) is 19.6 Å². The molecule has 2 rings (SSSR count). The van der Waals surface area contributed by atoms with Crippen LogP contribution in [-0.4, -0.2) is 37.6 Å². The first-order chi connectivity index (χ1) is 8.75. The zero-order valence-corrected chi connectivity index (χ0v) is 12.5. The van der Waals surface area contributed by atoms with Crippen LogP contribution in [0.1, 0.15) is 25.8 Å². The van der Waals surface area contributed by atoms with E-state index in [9.17, 15) is 0 Å². The van der Waals surface area contributed by atoms with Crippen LogP contribution in [0.25, 0.3) is 0 Å². The molecule has 0 aliphatic carbocycles. The number of nitrogens with one attached hydrogen (secondary N) is 1. The maximum atomic E-state index is 3.56. The summed E-state index contributed by atoms with van der Waals surface area (Å²) in [6.45, 7) is 10.8. The molecule has 0 radical (unpaired) electrons. The Kier molecular flexibility index (Phi) is 5.67.